The number of esters is 1. The van der Waals surface area contributed by atoms with E-state index in [2.05, 4.69) is 9.72 Å². The van der Waals surface area contributed by atoms with Crippen molar-refractivity contribution in [3.8, 4) is 0 Å². The Hall–Kier alpha value is -2.21. The first-order valence-electron chi connectivity index (χ1n) is 4.86. The van der Waals surface area contributed by atoms with Crippen molar-refractivity contribution in [2.45, 2.75) is 0 Å². The van der Waals surface area contributed by atoms with E-state index in [1.807, 2.05) is 0 Å². The third-order valence-corrected chi connectivity index (χ3v) is 2.66. The zero-order valence-corrected chi connectivity index (χ0v) is 9.97. The normalized spacial score (nSPS) is 10.3. The van der Waals surface area contributed by atoms with Gasteiger partial charge in [-0.25, -0.2) is 9.78 Å². The van der Waals surface area contributed by atoms with Gasteiger partial charge in [0.2, 0.25) is 0 Å². The minimum absolute atomic E-state index is 0.0591. The standard InChI is InChI=1S/C11H7ClN2O4/c1-18-11(15)10-5-8(12)7-4-6(14(16)17)2-3-9(7)13-10/h2-5H,1H3. The van der Waals surface area contributed by atoms with Gasteiger partial charge in [-0.2, -0.15) is 0 Å². The molecule has 0 N–H and O–H groups in total. The highest BCUT2D eigenvalue weighted by atomic mass is 35.5. The van der Waals surface area contributed by atoms with Crippen molar-refractivity contribution in [3.05, 3.63) is 45.1 Å². The van der Waals surface area contributed by atoms with Crippen LogP contribution in [0.4, 0.5) is 5.69 Å². The molecule has 1 aromatic carbocycles. The van der Waals surface area contributed by atoms with E-state index in [4.69, 9.17) is 11.6 Å². The molecule has 1 heterocycles. The summed E-state index contributed by atoms with van der Waals surface area (Å²) < 4.78 is 4.53. The number of hydrogen-bond donors (Lipinski definition) is 0. The number of rotatable bonds is 2. The molecule has 0 unspecified atom stereocenters. The topological polar surface area (TPSA) is 82.3 Å². The van der Waals surface area contributed by atoms with Crippen molar-refractivity contribution < 1.29 is 14.5 Å². The Balaban J connectivity index is 2.65. The van der Waals surface area contributed by atoms with Crippen LogP contribution in [-0.2, 0) is 4.74 Å². The predicted octanol–water partition coefficient (Wildman–Crippen LogP) is 2.58. The number of nitrogens with zero attached hydrogens (tertiary/aromatic N) is 2. The Morgan fingerprint density at radius 1 is 1.44 bits per heavy atom. The van der Waals surface area contributed by atoms with Gasteiger partial charge in [-0.15, -0.1) is 0 Å². The third-order valence-electron chi connectivity index (χ3n) is 2.35. The summed E-state index contributed by atoms with van der Waals surface area (Å²) in [6.07, 6.45) is 0. The van der Waals surface area contributed by atoms with Gasteiger partial charge < -0.3 is 4.74 Å². The van der Waals surface area contributed by atoms with Crippen LogP contribution in [0.15, 0.2) is 24.3 Å². The van der Waals surface area contributed by atoms with Gasteiger partial charge in [-0.3, -0.25) is 10.1 Å². The van der Waals surface area contributed by atoms with Crippen LogP contribution in [0, 0.1) is 10.1 Å². The van der Waals surface area contributed by atoms with Crippen LogP contribution < -0.4 is 0 Å². The minimum atomic E-state index is -0.614. The summed E-state index contributed by atoms with van der Waals surface area (Å²) in [6, 6.07) is 5.36. The second-order valence-corrected chi connectivity index (χ2v) is 3.85. The van der Waals surface area contributed by atoms with Gasteiger partial charge >= 0.3 is 5.97 Å². The molecule has 0 fully saturated rings. The lowest BCUT2D eigenvalue weighted by molar-refractivity contribution is -0.384. The zero-order valence-electron chi connectivity index (χ0n) is 9.21. The Morgan fingerprint density at radius 3 is 2.78 bits per heavy atom. The van der Waals surface area contributed by atoms with Gasteiger partial charge in [-0.05, 0) is 12.1 Å². The van der Waals surface area contributed by atoms with Crippen molar-refractivity contribution in [3.63, 3.8) is 0 Å². The summed E-state index contributed by atoms with van der Waals surface area (Å²) in [5.41, 5.74) is 0.370. The molecule has 0 aliphatic rings. The first-order chi connectivity index (χ1) is 8.52. The number of hydrogen-bond acceptors (Lipinski definition) is 5. The van der Waals surface area contributed by atoms with Gasteiger partial charge in [0.25, 0.3) is 5.69 Å². The predicted molar refractivity (Wildman–Crippen MR) is 64.7 cm³/mol. The molecule has 0 bridgehead atoms. The number of nitro groups is 1. The van der Waals surface area contributed by atoms with Crippen molar-refractivity contribution in [1.82, 2.24) is 4.98 Å². The highest BCUT2D eigenvalue weighted by Gasteiger charge is 2.14. The van der Waals surface area contributed by atoms with Gasteiger partial charge in [-0.1, -0.05) is 11.6 Å². The fourth-order valence-electron chi connectivity index (χ4n) is 1.50. The first-order valence-corrected chi connectivity index (χ1v) is 5.23. The number of ether oxygens (including phenoxy) is 1. The van der Waals surface area contributed by atoms with E-state index in [0.29, 0.717) is 10.9 Å². The lowest BCUT2D eigenvalue weighted by Gasteiger charge is -2.03. The fraction of sp³-hybridized carbons (Fsp3) is 0.0909. The zero-order chi connectivity index (χ0) is 13.3. The van der Waals surface area contributed by atoms with E-state index >= 15 is 0 Å². The molecule has 0 saturated carbocycles. The average Bonchev–Trinajstić information content (AvgIpc) is 2.37. The quantitative estimate of drug-likeness (QED) is 0.474. The molecule has 0 atom stereocenters. The molecule has 2 aromatic rings. The van der Waals surface area contributed by atoms with Crippen molar-refractivity contribution in [1.29, 1.82) is 0 Å². The second kappa shape index (κ2) is 4.58. The summed E-state index contributed by atoms with van der Waals surface area (Å²) in [4.78, 5) is 25.5. The highest BCUT2D eigenvalue weighted by molar-refractivity contribution is 6.35. The monoisotopic (exact) mass is 266 g/mol. The average molecular weight is 267 g/mol. The number of benzene rings is 1. The van der Waals surface area contributed by atoms with Crippen LogP contribution in [0.2, 0.25) is 5.02 Å². The van der Waals surface area contributed by atoms with Crippen LogP contribution in [0.5, 0.6) is 0 Å². The Kier molecular flexibility index (Phi) is 3.12. The number of pyridine rings is 1. The Bertz CT molecular complexity index is 657. The lowest BCUT2D eigenvalue weighted by Crippen LogP contribution is -2.04. The van der Waals surface area contributed by atoms with E-state index in [1.54, 1.807) is 0 Å². The first kappa shape index (κ1) is 12.3. The number of halogens is 1. The van der Waals surface area contributed by atoms with Gasteiger partial charge in [0.05, 0.1) is 22.6 Å². The molecular weight excluding hydrogens is 260 g/mol. The van der Waals surface area contributed by atoms with Crippen LogP contribution in [0.25, 0.3) is 10.9 Å². The number of nitro benzene ring substituents is 1. The molecule has 0 amide bonds. The third kappa shape index (κ3) is 2.10. The minimum Gasteiger partial charge on any atom is -0.464 e. The Labute approximate surface area is 106 Å². The number of carbonyl (C=O) groups excluding carboxylic acids is 1. The van der Waals surface area contributed by atoms with Gasteiger partial charge in [0, 0.05) is 17.5 Å². The molecule has 0 aliphatic carbocycles. The maximum absolute atomic E-state index is 11.3. The van der Waals surface area contributed by atoms with Crippen LogP contribution in [-0.4, -0.2) is 23.0 Å². The van der Waals surface area contributed by atoms with Gasteiger partial charge in [0.15, 0.2) is 5.69 Å². The molecule has 0 radical (unpaired) electrons. The number of carbonyl (C=O) groups is 1. The molecule has 0 saturated heterocycles. The summed E-state index contributed by atoms with van der Waals surface area (Å²) >= 11 is 5.97. The lowest BCUT2D eigenvalue weighted by atomic mass is 10.2. The maximum Gasteiger partial charge on any atom is 0.356 e. The van der Waals surface area contributed by atoms with E-state index < -0.39 is 10.9 Å². The van der Waals surface area contributed by atoms with E-state index in [-0.39, 0.29) is 16.4 Å². The molecule has 0 spiro atoms. The molecule has 0 aliphatic heterocycles. The summed E-state index contributed by atoms with van der Waals surface area (Å²) in [5, 5.41) is 11.3. The molecule has 1 aromatic heterocycles. The summed E-state index contributed by atoms with van der Waals surface area (Å²) in [5.74, 6) is -0.614. The van der Waals surface area contributed by atoms with Crippen LogP contribution in [0.3, 0.4) is 0 Å². The molecule has 18 heavy (non-hydrogen) atoms. The van der Waals surface area contributed by atoms with Crippen LogP contribution in [0.1, 0.15) is 10.5 Å². The van der Waals surface area contributed by atoms with Crippen LogP contribution >= 0.6 is 11.6 Å². The number of non-ortho nitro benzene ring substituents is 1. The highest BCUT2D eigenvalue weighted by Crippen LogP contribution is 2.27. The SMILES string of the molecule is COC(=O)c1cc(Cl)c2cc([N+](=O)[O-])ccc2n1. The number of aromatic nitrogens is 1. The summed E-state index contributed by atoms with van der Waals surface area (Å²) in [7, 11) is 1.23. The van der Waals surface area contributed by atoms with E-state index in [1.165, 1.54) is 31.4 Å². The van der Waals surface area contributed by atoms with Crippen molar-refractivity contribution in [2.75, 3.05) is 7.11 Å². The largest absolute Gasteiger partial charge is 0.464 e. The van der Waals surface area contributed by atoms with E-state index in [0.717, 1.165) is 0 Å². The smallest absolute Gasteiger partial charge is 0.356 e. The summed E-state index contributed by atoms with van der Waals surface area (Å²) in [6.45, 7) is 0. The van der Waals surface area contributed by atoms with Gasteiger partial charge in [0.1, 0.15) is 0 Å². The molecule has 92 valence electrons. The molecule has 2 rings (SSSR count). The maximum atomic E-state index is 11.3. The van der Waals surface area contributed by atoms with E-state index in [9.17, 15) is 14.9 Å². The number of methoxy groups -OCH3 is 1. The number of fused-ring (bicyclic) bond motifs is 1. The molecule has 7 heteroatoms. The van der Waals surface area contributed by atoms with Crippen molar-refractivity contribution >= 4 is 34.2 Å². The fourth-order valence-corrected chi connectivity index (χ4v) is 1.75. The second-order valence-electron chi connectivity index (χ2n) is 3.44. The Morgan fingerprint density at radius 2 is 2.17 bits per heavy atom. The van der Waals surface area contributed by atoms with Crippen molar-refractivity contribution in [2.24, 2.45) is 0 Å². The molecule has 6 nitrogen and oxygen atoms in total. The molecular formula is C11H7ClN2O4.